The second-order valence-electron chi connectivity index (χ2n) is 4.62. The van der Waals surface area contributed by atoms with Crippen molar-refractivity contribution < 1.29 is 14.7 Å². The van der Waals surface area contributed by atoms with Crippen molar-refractivity contribution in [1.29, 1.82) is 0 Å². The Morgan fingerprint density at radius 3 is 3.11 bits per heavy atom. The summed E-state index contributed by atoms with van der Waals surface area (Å²) in [6.07, 6.45) is 3.43. The molecule has 2 rings (SSSR count). The largest absolute Gasteiger partial charge is 0.475 e. The van der Waals surface area contributed by atoms with E-state index >= 15 is 0 Å². The molecule has 104 valence electrons. The lowest BCUT2D eigenvalue weighted by Crippen LogP contribution is -2.26. The van der Waals surface area contributed by atoms with E-state index in [1.54, 1.807) is 12.1 Å². The van der Waals surface area contributed by atoms with Gasteiger partial charge in [-0.2, -0.15) is 0 Å². The summed E-state index contributed by atoms with van der Waals surface area (Å²) in [7, 11) is 0. The number of aromatic nitrogens is 1. The Morgan fingerprint density at radius 2 is 2.42 bits per heavy atom. The first-order valence-corrected chi connectivity index (χ1v) is 6.40. The molecule has 1 unspecified atom stereocenters. The van der Waals surface area contributed by atoms with Gasteiger partial charge in [-0.1, -0.05) is 5.16 Å². The molecular weight excluding hydrogens is 246 g/mol. The normalized spacial score (nSPS) is 20.3. The molecule has 3 N–H and O–H groups in total. The highest BCUT2D eigenvalue weighted by molar-refractivity contribution is 5.97. The number of oxime groups is 1. The van der Waals surface area contributed by atoms with Crippen molar-refractivity contribution in [2.24, 2.45) is 10.9 Å². The van der Waals surface area contributed by atoms with E-state index in [2.05, 4.69) is 10.1 Å². The zero-order chi connectivity index (χ0) is 13.7. The molecular formula is C13H19N3O3. The second-order valence-corrected chi connectivity index (χ2v) is 4.62. The van der Waals surface area contributed by atoms with Crippen LogP contribution in [-0.4, -0.2) is 35.3 Å². The molecule has 0 bridgehead atoms. The van der Waals surface area contributed by atoms with Crippen LogP contribution in [0.2, 0.25) is 0 Å². The van der Waals surface area contributed by atoms with E-state index in [9.17, 15) is 0 Å². The summed E-state index contributed by atoms with van der Waals surface area (Å²) in [4.78, 5) is 4.26. The number of pyridine rings is 1. The smallest absolute Gasteiger partial charge is 0.214 e. The van der Waals surface area contributed by atoms with Crippen molar-refractivity contribution in [3.63, 3.8) is 0 Å². The lowest BCUT2D eigenvalue weighted by atomic mass is 10.1. The van der Waals surface area contributed by atoms with Gasteiger partial charge in [-0.3, -0.25) is 0 Å². The summed E-state index contributed by atoms with van der Waals surface area (Å²) in [5.41, 5.74) is 6.91. The summed E-state index contributed by atoms with van der Waals surface area (Å²) in [6, 6.07) is 3.39. The predicted octanol–water partition coefficient (Wildman–Crippen LogP) is 1.43. The quantitative estimate of drug-likeness (QED) is 0.372. The molecule has 1 saturated heterocycles. The fourth-order valence-electron chi connectivity index (χ4n) is 2.03. The highest BCUT2D eigenvalue weighted by atomic mass is 16.5. The van der Waals surface area contributed by atoms with Crippen LogP contribution in [0.5, 0.6) is 5.88 Å². The van der Waals surface area contributed by atoms with Gasteiger partial charge in [0.05, 0.1) is 6.10 Å². The van der Waals surface area contributed by atoms with E-state index in [1.807, 2.05) is 6.92 Å². The Hall–Kier alpha value is -1.82. The third-order valence-electron chi connectivity index (χ3n) is 3.02. The van der Waals surface area contributed by atoms with Crippen molar-refractivity contribution in [3.8, 4) is 5.88 Å². The van der Waals surface area contributed by atoms with E-state index in [4.69, 9.17) is 20.4 Å². The third kappa shape index (κ3) is 3.82. The highest BCUT2D eigenvalue weighted by Gasteiger charge is 2.15. The number of nitrogens with two attached hydrogens (primary N) is 1. The van der Waals surface area contributed by atoms with Crippen LogP contribution in [0.15, 0.2) is 17.3 Å². The zero-order valence-corrected chi connectivity index (χ0v) is 11.0. The van der Waals surface area contributed by atoms with E-state index < -0.39 is 0 Å². The van der Waals surface area contributed by atoms with E-state index in [-0.39, 0.29) is 11.9 Å². The second kappa shape index (κ2) is 6.38. The topological polar surface area (TPSA) is 90.0 Å². The van der Waals surface area contributed by atoms with E-state index in [1.165, 1.54) is 6.42 Å². The molecule has 6 heteroatoms. The maximum Gasteiger partial charge on any atom is 0.214 e. The van der Waals surface area contributed by atoms with Crippen molar-refractivity contribution in [3.05, 3.63) is 23.4 Å². The molecule has 0 saturated carbocycles. The molecule has 1 aliphatic heterocycles. The number of hydrogen-bond acceptors (Lipinski definition) is 5. The molecule has 1 aliphatic rings. The summed E-state index contributed by atoms with van der Waals surface area (Å²) < 4.78 is 11.2. The van der Waals surface area contributed by atoms with Gasteiger partial charge in [0.25, 0.3) is 0 Å². The van der Waals surface area contributed by atoms with Crippen molar-refractivity contribution in [1.82, 2.24) is 4.98 Å². The number of rotatable bonds is 4. The first-order chi connectivity index (χ1) is 9.19. The van der Waals surface area contributed by atoms with Gasteiger partial charge in [-0.15, -0.1) is 0 Å². The van der Waals surface area contributed by atoms with Gasteiger partial charge in [0.15, 0.2) is 5.84 Å². The number of nitrogens with zero attached hydrogens (tertiary/aromatic N) is 2. The lowest BCUT2D eigenvalue weighted by molar-refractivity contribution is -0.0119. The molecule has 19 heavy (non-hydrogen) atoms. The van der Waals surface area contributed by atoms with Gasteiger partial charge in [0.1, 0.15) is 6.61 Å². The molecule has 0 spiro atoms. The zero-order valence-electron chi connectivity index (χ0n) is 11.0. The Kier molecular flexibility index (Phi) is 4.57. The van der Waals surface area contributed by atoms with Gasteiger partial charge in [-0.05, 0) is 32.3 Å². The van der Waals surface area contributed by atoms with Gasteiger partial charge in [0, 0.05) is 23.9 Å². The maximum absolute atomic E-state index is 8.69. The summed E-state index contributed by atoms with van der Waals surface area (Å²) in [5.74, 6) is 0.514. The molecule has 1 aromatic heterocycles. The van der Waals surface area contributed by atoms with Gasteiger partial charge >= 0.3 is 0 Å². The molecule has 1 fully saturated rings. The molecule has 0 aromatic carbocycles. The number of ether oxygens (including phenoxy) is 2. The molecule has 0 amide bonds. The fourth-order valence-corrected chi connectivity index (χ4v) is 2.03. The average Bonchev–Trinajstić information content (AvgIpc) is 2.45. The van der Waals surface area contributed by atoms with E-state index in [0.29, 0.717) is 18.1 Å². The van der Waals surface area contributed by atoms with Gasteiger partial charge in [-0.25, -0.2) is 4.98 Å². The van der Waals surface area contributed by atoms with Crippen LogP contribution in [-0.2, 0) is 4.74 Å². The molecule has 0 aliphatic carbocycles. The Morgan fingerprint density at radius 1 is 1.58 bits per heavy atom. The van der Waals surface area contributed by atoms with Gasteiger partial charge < -0.3 is 20.4 Å². The van der Waals surface area contributed by atoms with Crippen molar-refractivity contribution >= 4 is 5.84 Å². The van der Waals surface area contributed by atoms with Crippen LogP contribution in [0.4, 0.5) is 0 Å². The van der Waals surface area contributed by atoms with Crippen LogP contribution >= 0.6 is 0 Å². The van der Waals surface area contributed by atoms with Crippen molar-refractivity contribution in [2.75, 3.05) is 13.2 Å². The minimum absolute atomic E-state index is 0.0456. The molecule has 2 heterocycles. The first-order valence-electron chi connectivity index (χ1n) is 6.40. The predicted molar refractivity (Wildman–Crippen MR) is 70.6 cm³/mol. The summed E-state index contributed by atoms with van der Waals surface area (Å²) in [5, 5.41) is 11.7. The molecule has 1 aromatic rings. The summed E-state index contributed by atoms with van der Waals surface area (Å²) in [6.45, 7) is 3.11. The number of amidine groups is 1. The third-order valence-corrected chi connectivity index (χ3v) is 3.02. The van der Waals surface area contributed by atoms with Crippen LogP contribution in [0.1, 0.15) is 30.5 Å². The Balaban J connectivity index is 2.01. The Bertz CT molecular complexity index is 456. The number of hydrogen-bond donors (Lipinski definition) is 2. The maximum atomic E-state index is 8.69. The van der Waals surface area contributed by atoms with Crippen LogP contribution < -0.4 is 10.5 Å². The minimum Gasteiger partial charge on any atom is -0.475 e. The van der Waals surface area contributed by atoms with E-state index in [0.717, 1.165) is 25.1 Å². The lowest BCUT2D eigenvalue weighted by Gasteiger charge is -2.22. The minimum atomic E-state index is 0.0456. The first kappa shape index (κ1) is 13.6. The summed E-state index contributed by atoms with van der Waals surface area (Å²) >= 11 is 0. The van der Waals surface area contributed by atoms with Crippen molar-refractivity contribution in [2.45, 2.75) is 32.3 Å². The molecule has 6 nitrogen and oxygen atoms in total. The van der Waals surface area contributed by atoms with Crippen LogP contribution in [0, 0.1) is 6.92 Å². The average molecular weight is 265 g/mol. The fraction of sp³-hybridized carbons (Fsp3) is 0.538. The van der Waals surface area contributed by atoms with Crippen LogP contribution in [0.3, 0.4) is 0 Å². The van der Waals surface area contributed by atoms with Gasteiger partial charge in [0.2, 0.25) is 5.88 Å². The SMILES string of the molecule is Cc1cc(/C(N)=N/O)cc(OCC2CCCCO2)n1. The molecule has 1 atom stereocenters. The molecule has 0 radical (unpaired) electrons. The highest BCUT2D eigenvalue weighted by Crippen LogP contribution is 2.16. The van der Waals surface area contributed by atoms with Crippen LogP contribution in [0.25, 0.3) is 0 Å². The monoisotopic (exact) mass is 265 g/mol. The Labute approximate surface area is 112 Å². The number of aryl methyl sites for hydroxylation is 1. The standard InChI is InChI=1S/C13H19N3O3/c1-9-6-10(13(14)16-17)7-12(15-9)19-8-11-4-2-3-5-18-11/h6-7,11,17H,2-5,8H2,1H3,(H2,14,16).